The molecule has 178 valence electrons. The first kappa shape index (κ1) is 23.7. The summed E-state index contributed by atoms with van der Waals surface area (Å²) in [6, 6.07) is 43.6. The Labute approximate surface area is 215 Å². The average Bonchev–Trinajstić information content (AvgIpc) is 2.93. The molecule has 6 heteroatoms. The van der Waals surface area contributed by atoms with Crippen molar-refractivity contribution in [3.63, 3.8) is 0 Å². The van der Waals surface area contributed by atoms with Crippen LogP contribution in [0.2, 0.25) is 0 Å². The van der Waals surface area contributed by atoms with Gasteiger partial charge in [0.1, 0.15) is 34.5 Å². The summed E-state index contributed by atoms with van der Waals surface area (Å²) in [7, 11) is 0. The summed E-state index contributed by atoms with van der Waals surface area (Å²) in [4.78, 5) is 0. The van der Waals surface area contributed by atoms with E-state index in [4.69, 9.17) is 30.3 Å². The van der Waals surface area contributed by atoms with Crippen LogP contribution >= 0.6 is 6.49 Å². The van der Waals surface area contributed by atoms with E-state index in [1.807, 2.05) is 140 Å². The Hall–Kier alpha value is -4.05. The number of hydrogen-bond donors (Lipinski definition) is 0. The number of hydrogen-bond acceptors (Lipinski definition) is 5. The lowest BCUT2D eigenvalue weighted by Gasteiger charge is -2.24. The van der Waals surface area contributed by atoms with Crippen molar-refractivity contribution in [2.24, 2.45) is 0 Å². The highest BCUT2D eigenvalue weighted by atomic mass is 32.5. The summed E-state index contributed by atoms with van der Waals surface area (Å²) in [5.74, 6) is 4.15. The Morgan fingerprint density at radius 1 is 0.361 bits per heavy atom. The van der Waals surface area contributed by atoms with Crippen molar-refractivity contribution in [3.8, 4) is 34.5 Å². The molecule has 0 aromatic heterocycles. The minimum absolute atomic E-state index is 0.603. The van der Waals surface area contributed by atoms with Crippen molar-refractivity contribution >= 4 is 23.6 Å². The van der Waals surface area contributed by atoms with E-state index in [1.165, 1.54) is 0 Å². The lowest BCUT2D eigenvalue weighted by molar-refractivity contribution is 0.474. The standard InChI is InChI=1S/C30H23O4PS/c36-35(30-14-8-3-9-15-30,33-28-20-16-26(17-21-28)31-24-10-4-1-5-11-24)34-29-22-18-27(19-23-29)32-25-12-6-2-7-13-25/h1-23H. The third-order valence-corrected chi connectivity index (χ3v) is 8.04. The van der Waals surface area contributed by atoms with Gasteiger partial charge in [-0.05, 0) is 96.7 Å². The Morgan fingerprint density at radius 2 is 0.667 bits per heavy atom. The van der Waals surface area contributed by atoms with Crippen molar-refractivity contribution in [1.29, 1.82) is 0 Å². The highest BCUT2D eigenvalue weighted by molar-refractivity contribution is 8.13. The second-order valence-electron chi connectivity index (χ2n) is 7.79. The van der Waals surface area contributed by atoms with Gasteiger partial charge in [-0.1, -0.05) is 54.6 Å². The zero-order valence-corrected chi connectivity index (χ0v) is 21.0. The summed E-state index contributed by atoms with van der Waals surface area (Å²) in [5.41, 5.74) is 0. The molecule has 5 rings (SSSR count). The summed E-state index contributed by atoms with van der Waals surface area (Å²) >= 11 is 6.01. The number of rotatable bonds is 9. The first-order valence-corrected chi connectivity index (χ1v) is 14.0. The molecule has 0 atom stereocenters. The predicted molar refractivity (Wildman–Crippen MR) is 148 cm³/mol. The van der Waals surface area contributed by atoms with Gasteiger partial charge in [0.15, 0.2) is 0 Å². The monoisotopic (exact) mass is 510 g/mol. The Balaban J connectivity index is 1.33. The van der Waals surface area contributed by atoms with Gasteiger partial charge < -0.3 is 18.5 Å². The molecule has 36 heavy (non-hydrogen) atoms. The summed E-state index contributed by atoms with van der Waals surface area (Å²) in [6.45, 7) is -2.93. The minimum atomic E-state index is -2.93. The largest absolute Gasteiger partial charge is 0.457 e. The summed E-state index contributed by atoms with van der Waals surface area (Å²) in [5, 5.41) is 0.814. The van der Waals surface area contributed by atoms with Crippen molar-refractivity contribution in [3.05, 3.63) is 140 Å². The molecular weight excluding hydrogens is 487 g/mol. The molecule has 0 aliphatic carbocycles. The normalized spacial score (nSPS) is 10.9. The molecule has 5 aromatic carbocycles. The van der Waals surface area contributed by atoms with Crippen LogP contribution in [0.15, 0.2) is 140 Å². The molecule has 0 amide bonds. The fourth-order valence-electron chi connectivity index (χ4n) is 3.40. The van der Waals surface area contributed by atoms with E-state index in [0.717, 1.165) is 16.8 Å². The Kier molecular flexibility index (Phi) is 7.32. The van der Waals surface area contributed by atoms with Gasteiger partial charge >= 0.3 is 6.49 Å². The van der Waals surface area contributed by atoms with Crippen molar-refractivity contribution in [2.45, 2.75) is 0 Å². The highest BCUT2D eigenvalue weighted by Gasteiger charge is 2.25. The molecule has 0 N–H and O–H groups in total. The molecule has 4 nitrogen and oxygen atoms in total. The zero-order chi connectivity index (χ0) is 24.6. The van der Waals surface area contributed by atoms with Crippen molar-refractivity contribution in [2.75, 3.05) is 0 Å². The average molecular weight is 511 g/mol. The molecule has 0 aliphatic rings. The van der Waals surface area contributed by atoms with Crippen LogP contribution in [-0.2, 0) is 11.8 Å². The van der Waals surface area contributed by atoms with E-state index in [0.29, 0.717) is 23.0 Å². The van der Waals surface area contributed by atoms with Gasteiger partial charge in [0.25, 0.3) is 0 Å². The second-order valence-corrected chi connectivity index (χ2v) is 11.1. The third-order valence-electron chi connectivity index (χ3n) is 5.13. The Morgan fingerprint density at radius 3 is 1.06 bits per heavy atom. The fraction of sp³-hybridized carbons (Fsp3) is 0. The van der Waals surface area contributed by atoms with Crippen LogP contribution in [0.3, 0.4) is 0 Å². The van der Waals surface area contributed by atoms with Crippen LogP contribution in [0.4, 0.5) is 0 Å². The van der Waals surface area contributed by atoms with Crippen LogP contribution in [0.1, 0.15) is 0 Å². The van der Waals surface area contributed by atoms with Gasteiger partial charge in [-0.25, -0.2) is 0 Å². The molecule has 0 saturated heterocycles. The topological polar surface area (TPSA) is 36.9 Å². The third kappa shape index (κ3) is 6.14. The maximum Gasteiger partial charge on any atom is 0.319 e. The van der Waals surface area contributed by atoms with Crippen LogP contribution in [0.5, 0.6) is 34.5 Å². The van der Waals surface area contributed by atoms with E-state index < -0.39 is 6.49 Å². The smallest absolute Gasteiger partial charge is 0.319 e. The van der Waals surface area contributed by atoms with Crippen LogP contribution in [0.25, 0.3) is 0 Å². The van der Waals surface area contributed by atoms with E-state index >= 15 is 0 Å². The van der Waals surface area contributed by atoms with Gasteiger partial charge in [-0.2, -0.15) is 0 Å². The molecule has 0 unspecified atom stereocenters. The van der Waals surface area contributed by atoms with E-state index in [1.54, 1.807) is 0 Å². The lowest BCUT2D eigenvalue weighted by atomic mass is 10.3. The van der Waals surface area contributed by atoms with E-state index in [9.17, 15) is 0 Å². The molecule has 0 radical (unpaired) electrons. The summed E-state index contributed by atoms with van der Waals surface area (Å²) in [6.07, 6.45) is 0. The second kappa shape index (κ2) is 11.1. The van der Waals surface area contributed by atoms with Gasteiger partial charge in [0, 0.05) is 0 Å². The van der Waals surface area contributed by atoms with Gasteiger partial charge in [-0.15, -0.1) is 0 Å². The van der Waals surface area contributed by atoms with Crippen LogP contribution in [-0.4, -0.2) is 0 Å². The predicted octanol–water partition coefficient (Wildman–Crippen LogP) is 8.36. The van der Waals surface area contributed by atoms with Crippen molar-refractivity contribution in [1.82, 2.24) is 0 Å². The maximum atomic E-state index is 6.34. The van der Waals surface area contributed by atoms with E-state index in [2.05, 4.69) is 0 Å². The van der Waals surface area contributed by atoms with Crippen molar-refractivity contribution < 1.29 is 18.5 Å². The summed E-state index contributed by atoms with van der Waals surface area (Å²) < 4.78 is 24.4. The highest BCUT2D eigenvalue weighted by Crippen LogP contribution is 2.48. The Bertz CT molecular complexity index is 1340. The van der Waals surface area contributed by atoms with Crippen LogP contribution in [0, 0.1) is 0 Å². The first-order valence-electron chi connectivity index (χ1n) is 11.4. The lowest BCUT2D eigenvalue weighted by Crippen LogP contribution is -2.14. The molecule has 0 heterocycles. The van der Waals surface area contributed by atoms with Gasteiger partial charge in [0.05, 0.1) is 5.30 Å². The number of para-hydroxylation sites is 2. The van der Waals surface area contributed by atoms with E-state index in [-0.39, 0.29) is 0 Å². The zero-order valence-electron chi connectivity index (χ0n) is 19.3. The fourth-order valence-corrected chi connectivity index (χ4v) is 5.86. The molecule has 5 aromatic rings. The van der Waals surface area contributed by atoms with Gasteiger partial charge in [-0.3, -0.25) is 0 Å². The molecule has 0 bridgehead atoms. The molecule has 0 saturated carbocycles. The number of benzene rings is 5. The molecular formula is C30H23O4PS. The van der Waals surface area contributed by atoms with Gasteiger partial charge in [0.2, 0.25) is 0 Å². The minimum Gasteiger partial charge on any atom is -0.457 e. The SMILES string of the molecule is S=P(Oc1ccc(Oc2ccccc2)cc1)(Oc1ccc(Oc2ccccc2)cc1)c1ccccc1. The number of ether oxygens (including phenoxy) is 2. The molecule has 0 aliphatic heterocycles. The molecule has 0 spiro atoms. The quantitative estimate of drug-likeness (QED) is 0.186. The van der Waals surface area contributed by atoms with Crippen LogP contribution < -0.4 is 23.8 Å². The molecule has 0 fully saturated rings. The maximum absolute atomic E-state index is 6.34. The first-order chi connectivity index (χ1) is 17.7.